The quantitative estimate of drug-likeness (QED) is 0.388. The van der Waals surface area contributed by atoms with Gasteiger partial charge in [-0.3, -0.25) is 4.98 Å². The summed E-state index contributed by atoms with van der Waals surface area (Å²) in [6.45, 7) is 7.39. The summed E-state index contributed by atoms with van der Waals surface area (Å²) in [7, 11) is 0. The summed E-state index contributed by atoms with van der Waals surface area (Å²) in [5, 5.41) is 4.47. The van der Waals surface area contributed by atoms with E-state index in [9.17, 15) is 0 Å². The van der Waals surface area contributed by atoms with Gasteiger partial charge in [0.25, 0.3) is 0 Å². The molecule has 2 aliphatic rings. The third kappa shape index (κ3) is 5.52. The number of aryl methyl sites for hydroxylation is 1. The number of aromatic nitrogens is 4. The number of hydrogen-bond donors (Lipinski definition) is 1. The third-order valence-corrected chi connectivity index (χ3v) is 7.06. The molecule has 0 unspecified atom stereocenters. The first-order valence-electron chi connectivity index (χ1n) is 12.2. The summed E-state index contributed by atoms with van der Waals surface area (Å²) in [6.07, 6.45) is 7.70. The van der Waals surface area contributed by atoms with Crippen molar-refractivity contribution in [1.29, 1.82) is 0 Å². The number of nitrogens with zero attached hydrogens (tertiary/aromatic N) is 5. The molecule has 1 aliphatic carbocycles. The zero-order valence-electron chi connectivity index (χ0n) is 19.9. The molecule has 9 heteroatoms. The first-order chi connectivity index (χ1) is 16.7. The molecule has 0 spiro atoms. The van der Waals surface area contributed by atoms with Crippen molar-refractivity contribution in [2.24, 2.45) is 0 Å². The number of morpholine rings is 1. The predicted molar refractivity (Wildman–Crippen MR) is 136 cm³/mol. The van der Waals surface area contributed by atoms with Crippen LogP contribution in [0.4, 0.5) is 11.5 Å². The van der Waals surface area contributed by atoms with Crippen molar-refractivity contribution in [3.05, 3.63) is 36.3 Å². The average Bonchev–Trinajstić information content (AvgIpc) is 2.85. The lowest BCUT2D eigenvalue weighted by atomic mass is 9.93. The van der Waals surface area contributed by atoms with Gasteiger partial charge in [0.15, 0.2) is 5.16 Å². The van der Waals surface area contributed by atoms with Crippen molar-refractivity contribution < 1.29 is 9.47 Å². The molecule has 1 aliphatic heterocycles. The summed E-state index contributed by atoms with van der Waals surface area (Å²) >= 11 is 1.68. The third-order valence-electron chi connectivity index (χ3n) is 6.33. The number of benzene rings is 1. The Morgan fingerprint density at radius 2 is 1.85 bits per heavy atom. The highest BCUT2D eigenvalue weighted by Gasteiger charge is 2.24. The summed E-state index contributed by atoms with van der Waals surface area (Å²) in [4.78, 5) is 20.6. The maximum Gasteiger partial charge on any atom is 0.189 e. The van der Waals surface area contributed by atoms with E-state index in [1.807, 2.05) is 13.0 Å². The molecule has 1 N–H and O–H groups in total. The molecule has 1 saturated carbocycles. The molecule has 0 bridgehead atoms. The van der Waals surface area contributed by atoms with Gasteiger partial charge in [-0.2, -0.15) is 0 Å². The van der Waals surface area contributed by atoms with Gasteiger partial charge in [-0.05, 0) is 44.4 Å². The molecule has 0 amide bonds. The lowest BCUT2D eigenvalue weighted by molar-refractivity contribution is 0.122. The van der Waals surface area contributed by atoms with Gasteiger partial charge in [0.1, 0.15) is 17.1 Å². The van der Waals surface area contributed by atoms with Gasteiger partial charge in [0.2, 0.25) is 0 Å². The Labute approximate surface area is 204 Å². The number of rotatable bonds is 7. The maximum atomic E-state index is 6.55. The normalized spacial score (nSPS) is 20.9. The van der Waals surface area contributed by atoms with Crippen LogP contribution in [-0.4, -0.2) is 64.1 Å². The van der Waals surface area contributed by atoms with Gasteiger partial charge in [0, 0.05) is 55.0 Å². The first kappa shape index (κ1) is 23.1. The molecule has 3 heterocycles. The van der Waals surface area contributed by atoms with Gasteiger partial charge >= 0.3 is 0 Å². The van der Waals surface area contributed by atoms with Crippen molar-refractivity contribution in [3.63, 3.8) is 0 Å². The van der Waals surface area contributed by atoms with E-state index in [1.165, 1.54) is 0 Å². The predicted octanol–water partition coefficient (Wildman–Crippen LogP) is 4.48. The fourth-order valence-electron chi connectivity index (χ4n) is 4.65. The van der Waals surface area contributed by atoms with Crippen LogP contribution in [0.1, 0.15) is 38.3 Å². The minimum atomic E-state index is 0.168. The standard InChI is InChI=1S/C25H32N6O2S/c1-3-34-25-28-17(2)14-23(30-25)29-18-4-6-20(7-5-18)33-22-16-19(31-10-12-32-13-11-31)15-21-24(22)27-9-8-26-21/h8-9,14-16,18,20H,3-7,10-13H2,1-2H3,(H,28,29,30)/t18-,20+. The maximum absolute atomic E-state index is 6.55. The fraction of sp³-hybridized carbons (Fsp3) is 0.520. The van der Waals surface area contributed by atoms with Gasteiger partial charge in [-0.25, -0.2) is 15.0 Å². The number of nitrogens with one attached hydrogen (secondary N) is 1. The largest absolute Gasteiger partial charge is 0.488 e. The van der Waals surface area contributed by atoms with Gasteiger partial charge in [-0.15, -0.1) is 0 Å². The highest BCUT2D eigenvalue weighted by molar-refractivity contribution is 7.99. The SMILES string of the molecule is CCSc1nc(C)cc(N[C@H]2CC[C@@H](Oc3cc(N4CCOCC4)cc4nccnc34)CC2)n1. The summed E-state index contributed by atoms with van der Waals surface area (Å²) in [6, 6.07) is 6.66. The molecular formula is C25H32N6O2S. The van der Waals surface area contributed by atoms with Crippen LogP contribution in [-0.2, 0) is 4.74 Å². The van der Waals surface area contributed by atoms with E-state index in [0.717, 1.165) is 96.9 Å². The van der Waals surface area contributed by atoms with Crippen molar-refractivity contribution in [2.75, 3.05) is 42.3 Å². The molecule has 5 rings (SSSR count). The minimum Gasteiger partial charge on any atom is -0.488 e. The van der Waals surface area contributed by atoms with Gasteiger partial charge in [-0.1, -0.05) is 18.7 Å². The second-order valence-corrected chi connectivity index (χ2v) is 10.0. The van der Waals surface area contributed by atoms with Crippen LogP contribution in [0.15, 0.2) is 35.7 Å². The highest BCUT2D eigenvalue weighted by atomic mass is 32.2. The molecule has 2 fully saturated rings. The summed E-state index contributed by atoms with van der Waals surface area (Å²) < 4.78 is 12.1. The van der Waals surface area contributed by atoms with Crippen LogP contribution in [0.3, 0.4) is 0 Å². The number of fused-ring (bicyclic) bond motifs is 1. The Balaban J connectivity index is 1.25. The van der Waals surface area contributed by atoms with Crippen LogP contribution >= 0.6 is 11.8 Å². The van der Waals surface area contributed by atoms with Crippen LogP contribution in [0, 0.1) is 6.92 Å². The van der Waals surface area contributed by atoms with Crippen LogP contribution in [0.25, 0.3) is 11.0 Å². The lowest BCUT2D eigenvalue weighted by Gasteiger charge is -2.31. The Kier molecular flexibility index (Phi) is 7.30. The minimum absolute atomic E-state index is 0.168. The lowest BCUT2D eigenvalue weighted by Crippen LogP contribution is -2.36. The molecule has 3 aromatic rings. The topological polar surface area (TPSA) is 85.3 Å². The molecule has 34 heavy (non-hydrogen) atoms. The molecule has 0 radical (unpaired) electrons. The van der Waals surface area contributed by atoms with E-state index in [2.05, 4.69) is 49.2 Å². The summed E-state index contributed by atoms with van der Waals surface area (Å²) in [5.74, 6) is 2.72. The molecule has 0 atom stereocenters. The van der Waals surface area contributed by atoms with Crippen molar-refractivity contribution in [2.45, 2.75) is 56.8 Å². The van der Waals surface area contributed by atoms with Gasteiger partial charge < -0.3 is 19.7 Å². The van der Waals surface area contributed by atoms with E-state index in [-0.39, 0.29) is 6.10 Å². The fourth-order valence-corrected chi connectivity index (χ4v) is 5.27. The van der Waals surface area contributed by atoms with E-state index in [0.29, 0.717) is 6.04 Å². The first-order valence-corrected chi connectivity index (χ1v) is 13.2. The second kappa shape index (κ2) is 10.7. The highest BCUT2D eigenvalue weighted by Crippen LogP contribution is 2.33. The number of ether oxygens (including phenoxy) is 2. The van der Waals surface area contributed by atoms with E-state index >= 15 is 0 Å². The zero-order chi connectivity index (χ0) is 23.3. The smallest absolute Gasteiger partial charge is 0.189 e. The van der Waals surface area contributed by atoms with Crippen LogP contribution in [0.2, 0.25) is 0 Å². The number of hydrogen-bond acceptors (Lipinski definition) is 9. The monoisotopic (exact) mass is 480 g/mol. The molecule has 1 aromatic carbocycles. The van der Waals surface area contributed by atoms with Gasteiger partial charge in [0.05, 0.1) is 24.8 Å². The second-order valence-electron chi connectivity index (χ2n) is 8.81. The average molecular weight is 481 g/mol. The Morgan fingerprint density at radius 3 is 2.65 bits per heavy atom. The number of thioether (sulfide) groups is 1. The molecular weight excluding hydrogens is 448 g/mol. The zero-order valence-corrected chi connectivity index (χ0v) is 20.7. The van der Waals surface area contributed by atoms with E-state index < -0.39 is 0 Å². The Hall–Kier alpha value is -2.65. The van der Waals surface area contributed by atoms with Crippen LogP contribution in [0.5, 0.6) is 5.75 Å². The molecule has 1 saturated heterocycles. The Morgan fingerprint density at radius 1 is 1.06 bits per heavy atom. The summed E-state index contributed by atoms with van der Waals surface area (Å²) in [5.41, 5.74) is 3.83. The number of anilines is 2. The molecule has 8 nitrogen and oxygen atoms in total. The van der Waals surface area contributed by atoms with Crippen molar-refractivity contribution in [1.82, 2.24) is 19.9 Å². The van der Waals surface area contributed by atoms with Crippen molar-refractivity contribution in [3.8, 4) is 5.75 Å². The molecule has 2 aromatic heterocycles. The Bertz CT molecular complexity index is 1120. The van der Waals surface area contributed by atoms with Crippen molar-refractivity contribution >= 4 is 34.3 Å². The van der Waals surface area contributed by atoms with Crippen LogP contribution < -0.4 is 15.0 Å². The van der Waals surface area contributed by atoms with E-state index in [1.54, 1.807) is 24.2 Å². The van der Waals surface area contributed by atoms with E-state index in [4.69, 9.17) is 9.47 Å². The molecule has 180 valence electrons.